The Morgan fingerprint density at radius 2 is 2.00 bits per heavy atom. The fourth-order valence-electron chi connectivity index (χ4n) is 2.58. The van der Waals surface area contributed by atoms with Gasteiger partial charge in [-0.2, -0.15) is 0 Å². The second-order valence-corrected chi connectivity index (χ2v) is 5.65. The molecule has 5 heteroatoms. The van der Waals surface area contributed by atoms with Crippen LogP contribution in [0.1, 0.15) is 37.0 Å². The monoisotopic (exact) mass is 290 g/mol. The summed E-state index contributed by atoms with van der Waals surface area (Å²) in [6, 6.07) is 6.70. The van der Waals surface area contributed by atoms with Crippen molar-refractivity contribution in [2.45, 2.75) is 32.8 Å². The number of likely N-dealkylation sites (tertiary alicyclic amines) is 1. The number of aliphatic hydroxyl groups excluding tert-OH is 1. The van der Waals surface area contributed by atoms with E-state index in [2.05, 4.69) is 5.32 Å². The number of rotatable bonds is 3. The number of ketones is 1. The fourth-order valence-corrected chi connectivity index (χ4v) is 2.58. The molecule has 1 fully saturated rings. The van der Waals surface area contributed by atoms with Crippen molar-refractivity contribution in [3.63, 3.8) is 0 Å². The van der Waals surface area contributed by atoms with Crippen molar-refractivity contribution in [2.24, 2.45) is 5.92 Å². The van der Waals surface area contributed by atoms with Crippen LogP contribution in [0.3, 0.4) is 0 Å². The molecule has 1 saturated heterocycles. The van der Waals surface area contributed by atoms with E-state index in [-0.39, 0.29) is 17.7 Å². The number of nitrogens with zero attached hydrogens (tertiary/aromatic N) is 1. The minimum atomic E-state index is -0.393. The maximum absolute atomic E-state index is 12.2. The van der Waals surface area contributed by atoms with Gasteiger partial charge in [0.15, 0.2) is 5.78 Å². The standard InChI is InChI=1S/C16H22N2O3/c1-11(19)13-5-7-15(8-6-13)17-16(21)18-9-3-4-14(10-18)12(2)20/h5-8,12,14,20H,3-4,9-10H2,1-2H3,(H,17,21). The molecule has 2 amide bonds. The molecule has 1 heterocycles. The molecule has 114 valence electrons. The number of urea groups is 1. The molecule has 0 aliphatic carbocycles. The smallest absolute Gasteiger partial charge is 0.321 e. The van der Waals surface area contributed by atoms with Gasteiger partial charge in [0.1, 0.15) is 0 Å². The average molecular weight is 290 g/mol. The van der Waals surface area contributed by atoms with Crippen molar-refractivity contribution in [1.29, 1.82) is 0 Å². The third-order valence-electron chi connectivity index (χ3n) is 3.97. The first-order valence-electron chi connectivity index (χ1n) is 7.32. The summed E-state index contributed by atoms with van der Waals surface area (Å²) in [7, 11) is 0. The second-order valence-electron chi connectivity index (χ2n) is 5.65. The largest absolute Gasteiger partial charge is 0.393 e. The molecule has 5 nitrogen and oxygen atoms in total. The molecule has 0 radical (unpaired) electrons. The van der Waals surface area contributed by atoms with E-state index in [1.165, 1.54) is 6.92 Å². The molecule has 2 N–H and O–H groups in total. The third-order valence-corrected chi connectivity index (χ3v) is 3.97. The Labute approximate surface area is 125 Å². The minimum absolute atomic E-state index is 0.00341. The van der Waals surface area contributed by atoms with Gasteiger partial charge in [-0.05, 0) is 51.0 Å². The number of aliphatic hydroxyl groups is 1. The maximum Gasteiger partial charge on any atom is 0.321 e. The van der Waals surface area contributed by atoms with Crippen molar-refractivity contribution < 1.29 is 14.7 Å². The lowest BCUT2D eigenvalue weighted by Crippen LogP contribution is -2.44. The van der Waals surface area contributed by atoms with Gasteiger partial charge in [-0.15, -0.1) is 0 Å². The van der Waals surface area contributed by atoms with Crippen LogP contribution < -0.4 is 5.32 Å². The highest BCUT2D eigenvalue weighted by Gasteiger charge is 2.26. The van der Waals surface area contributed by atoms with Crippen LogP contribution in [0, 0.1) is 5.92 Å². The van der Waals surface area contributed by atoms with Crippen LogP contribution in [-0.2, 0) is 0 Å². The quantitative estimate of drug-likeness (QED) is 0.840. The number of anilines is 1. The van der Waals surface area contributed by atoms with E-state index in [1.54, 1.807) is 36.1 Å². The molecule has 1 aromatic carbocycles. The molecule has 1 aliphatic heterocycles. The maximum atomic E-state index is 12.2. The summed E-state index contributed by atoms with van der Waals surface area (Å²) in [6.07, 6.45) is 1.47. The molecule has 1 aromatic rings. The fraction of sp³-hybridized carbons (Fsp3) is 0.500. The Morgan fingerprint density at radius 3 is 2.57 bits per heavy atom. The first-order chi connectivity index (χ1) is 9.97. The van der Waals surface area contributed by atoms with Crippen LogP contribution >= 0.6 is 0 Å². The van der Waals surface area contributed by atoms with Gasteiger partial charge >= 0.3 is 6.03 Å². The van der Waals surface area contributed by atoms with Crippen molar-refractivity contribution in [3.8, 4) is 0 Å². The summed E-state index contributed by atoms with van der Waals surface area (Å²) in [5.41, 5.74) is 1.30. The molecule has 0 aromatic heterocycles. The normalized spacial score (nSPS) is 20.0. The van der Waals surface area contributed by atoms with Gasteiger partial charge in [-0.1, -0.05) is 0 Å². The van der Waals surface area contributed by atoms with Crippen molar-refractivity contribution in [1.82, 2.24) is 4.90 Å². The SMILES string of the molecule is CC(=O)c1ccc(NC(=O)N2CCCC(C(C)O)C2)cc1. The molecule has 0 saturated carbocycles. The van der Waals surface area contributed by atoms with Gasteiger partial charge in [0.2, 0.25) is 0 Å². The van der Waals surface area contributed by atoms with Gasteiger partial charge in [0.05, 0.1) is 6.10 Å². The zero-order chi connectivity index (χ0) is 15.4. The summed E-state index contributed by atoms with van der Waals surface area (Å²) in [5, 5.41) is 12.5. The summed E-state index contributed by atoms with van der Waals surface area (Å²) >= 11 is 0. The van der Waals surface area contributed by atoms with Crippen LogP contribution in [0.5, 0.6) is 0 Å². The van der Waals surface area contributed by atoms with E-state index in [0.29, 0.717) is 24.3 Å². The highest BCUT2D eigenvalue weighted by Crippen LogP contribution is 2.20. The van der Waals surface area contributed by atoms with Crippen molar-refractivity contribution >= 4 is 17.5 Å². The van der Waals surface area contributed by atoms with Gasteiger partial charge in [-0.25, -0.2) is 4.79 Å². The number of Topliss-reactive ketones (excluding diaryl/α,β-unsaturated/α-hetero) is 1. The molecular weight excluding hydrogens is 268 g/mol. The zero-order valence-corrected chi connectivity index (χ0v) is 12.5. The van der Waals surface area contributed by atoms with Gasteiger partial charge in [0.25, 0.3) is 0 Å². The number of hydrogen-bond acceptors (Lipinski definition) is 3. The number of hydrogen-bond donors (Lipinski definition) is 2. The summed E-state index contributed by atoms with van der Waals surface area (Å²) < 4.78 is 0. The zero-order valence-electron chi connectivity index (χ0n) is 12.5. The van der Waals surface area contributed by atoms with Crippen LogP contribution in [0.2, 0.25) is 0 Å². The lowest BCUT2D eigenvalue weighted by Gasteiger charge is -2.34. The molecule has 0 bridgehead atoms. The average Bonchev–Trinajstić information content (AvgIpc) is 2.48. The lowest BCUT2D eigenvalue weighted by molar-refractivity contribution is 0.0766. The molecule has 0 spiro atoms. The highest BCUT2D eigenvalue weighted by atomic mass is 16.3. The Bertz CT molecular complexity index is 511. The van der Waals surface area contributed by atoms with Gasteiger partial charge in [0, 0.05) is 30.3 Å². The predicted octanol–water partition coefficient (Wildman–Crippen LogP) is 2.51. The number of nitrogens with one attached hydrogen (secondary N) is 1. The summed E-state index contributed by atoms with van der Waals surface area (Å²) in [5.74, 6) is 0.147. The number of carbonyl (C=O) groups is 2. The topological polar surface area (TPSA) is 69.6 Å². The minimum Gasteiger partial charge on any atom is -0.393 e. The van der Waals surface area contributed by atoms with E-state index in [4.69, 9.17) is 0 Å². The van der Waals surface area contributed by atoms with Crippen molar-refractivity contribution in [2.75, 3.05) is 18.4 Å². The van der Waals surface area contributed by atoms with Gasteiger partial charge in [-0.3, -0.25) is 4.79 Å². The first kappa shape index (κ1) is 15.5. The van der Waals surface area contributed by atoms with Crippen LogP contribution in [-0.4, -0.2) is 41.0 Å². The number of carbonyl (C=O) groups excluding carboxylic acids is 2. The Morgan fingerprint density at radius 1 is 1.33 bits per heavy atom. The Balaban J connectivity index is 1.96. The van der Waals surface area contributed by atoms with E-state index < -0.39 is 6.10 Å². The lowest BCUT2D eigenvalue weighted by atomic mass is 9.94. The van der Waals surface area contributed by atoms with E-state index in [9.17, 15) is 14.7 Å². The molecule has 1 aliphatic rings. The Hall–Kier alpha value is -1.88. The third kappa shape index (κ3) is 4.04. The summed E-state index contributed by atoms with van der Waals surface area (Å²) in [4.78, 5) is 25.2. The molecule has 21 heavy (non-hydrogen) atoms. The van der Waals surface area contributed by atoms with E-state index >= 15 is 0 Å². The van der Waals surface area contributed by atoms with Crippen LogP contribution in [0.4, 0.5) is 10.5 Å². The summed E-state index contributed by atoms with van der Waals surface area (Å²) in [6.45, 7) is 4.57. The second kappa shape index (κ2) is 6.72. The van der Waals surface area contributed by atoms with Crippen LogP contribution in [0.25, 0.3) is 0 Å². The number of piperidine rings is 1. The van der Waals surface area contributed by atoms with Crippen LogP contribution in [0.15, 0.2) is 24.3 Å². The number of amides is 2. The molecule has 2 unspecified atom stereocenters. The predicted molar refractivity (Wildman–Crippen MR) is 81.4 cm³/mol. The van der Waals surface area contributed by atoms with Gasteiger partial charge < -0.3 is 15.3 Å². The van der Waals surface area contributed by atoms with E-state index in [0.717, 1.165) is 12.8 Å². The first-order valence-corrected chi connectivity index (χ1v) is 7.32. The number of benzene rings is 1. The van der Waals surface area contributed by atoms with E-state index in [1.807, 2.05) is 0 Å². The molecule has 2 rings (SSSR count). The Kier molecular flexibility index (Phi) is 4.96. The molecule has 2 atom stereocenters. The molecular formula is C16H22N2O3. The van der Waals surface area contributed by atoms with Crippen molar-refractivity contribution in [3.05, 3.63) is 29.8 Å². The highest BCUT2D eigenvalue weighted by molar-refractivity contribution is 5.95.